The number of nitrogens with one attached hydrogen (secondary N) is 2. The molecule has 0 spiro atoms. The molecular formula is C21H26N4O4S. The van der Waals surface area contributed by atoms with Gasteiger partial charge in [0.1, 0.15) is 5.00 Å². The number of amides is 2. The number of ether oxygens (including phenoxy) is 2. The first-order chi connectivity index (χ1) is 14.1. The topological polar surface area (TPSA) is 119 Å². The summed E-state index contributed by atoms with van der Waals surface area (Å²) in [5.41, 5.74) is 7.91. The van der Waals surface area contributed by atoms with Gasteiger partial charge in [0.2, 0.25) is 0 Å². The van der Waals surface area contributed by atoms with Gasteiger partial charge in [-0.1, -0.05) is 6.08 Å². The molecule has 2 aliphatic heterocycles. The van der Waals surface area contributed by atoms with E-state index < -0.39 is 23.0 Å². The molecule has 0 saturated heterocycles. The van der Waals surface area contributed by atoms with Gasteiger partial charge in [0.05, 0.1) is 30.0 Å². The van der Waals surface area contributed by atoms with Crippen molar-refractivity contribution >= 4 is 33.7 Å². The summed E-state index contributed by atoms with van der Waals surface area (Å²) < 4.78 is 11.6. The second-order valence-electron chi connectivity index (χ2n) is 8.68. The molecule has 0 saturated carbocycles. The van der Waals surface area contributed by atoms with Gasteiger partial charge in [0.15, 0.2) is 5.69 Å². The molecule has 0 aliphatic carbocycles. The van der Waals surface area contributed by atoms with Crippen LogP contribution in [0.25, 0.3) is 5.57 Å². The number of carbonyl (C=O) groups is 2. The van der Waals surface area contributed by atoms with E-state index in [0.717, 1.165) is 21.6 Å². The van der Waals surface area contributed by atoms with Crippen molar-refractivity contribution in [3.63, 3.8) is 0 Å². The highest BCUT2D eigenvalue weighted by atomic mass is 32.1. The Bertz CT molecular complexity index is 1050. The number of hydrogen-bond donors (Lipinski definition) is 3. The standard InChI is InChI=1S/C21H26N4O4S/c1-20(2)9-12-14(17(22)26)19(30-16(12)21(3,4)29-20)24-18(27)15-13(10-23-25-15)11-5-7-28-8-6-11/h5,10H,6-9H2,1-4H3,(H2,22,26)(H,23,25)(H,24,27). The van der Waals surface area contributed by atoms with Crippen LogP contribution < -0.4 is 11.1 Å². The van der Waals surface area contributed by atoms with E-state index in [2.05, 4.69) is 15.5 Å². The second-order valence-corrected chi connectivity index (χ2v) is 9.70. The van der Waals surface area contributed by atoms with Crippen LogP contribution in [0.3, 0.4) is 0 Å². The van der Waals surface area contributed by atoms with Crippen molar-refractivity contribution in [1.29, 1.82) is 0 Å². The summed E-state index contributed by atoms with van der Waals surface area (Å²) in [4.78, 5) is 26.3. The number of hydrogen-bond acceptors (Lipinski definition) is 6. The van der Waals surface area contributed by atoms with Crippen LogP contribution in [0.1, 0.15) is 71.0 Å². The average Bonchev–Trinajstić information content (AvgIpc) is 3.26. The third-order valence-corrected chi connectivity index (χ3v) is 6.78. The fourth-order valence-electron chi connectivity index (χ4n) is 4.31. The van der Waals surface area contributed by atoms with E-state index in [1.165, 1.54) is 11.3 Å². The van der Waals surface area contributed by atoms with Crippen molar-refractivity contribution in [3.05, 3.63) is 39.5 Å². The lowest BCUT2D eigenvalue weighted by molar-refractivity contribution is -0.135. The number of aromatic nitrogens is 2. The molecule has 4 N–H and O–H groups in total. The summed E-state index contributed by atoms with van der Waals surface area (Å²) in [6, 6.07) is 0. The van der Waals surface area contributed by atoms with Gasteiger partial charge in [-0.25, -0.2) is 0 Å². The third kappa shape index (κ3) is 3.68. The Hall–Kier alpha value is -2.49. The van der Waals surface area contributed by atoms with Crippen LogP contribution in [0.15, 0.2) is 12.3 Å². The van der Waals surface area contributed by atoms with E-state index in [4.69, 9.17) is 15.2 Å². The van der Waals surface area contributed by atoms with Crippen LogP contribution in [0, 0.1) is 0 Å². The van der Waals surface area contributed by atoms with Gasteiger partial charge in [0, 0.05) is 23.1 Å². The fourth-order valence-corrected chi connectivity index (χ4v) is 5.57. The molecule has 4 rings (SSSR count). The Labute approximate surface area is 178 Å². The molecule has 0 fully saturated rings. The number of aromatic amines is 1. The highest BCUT2D eigenvalue weighted by molar-refractivity contribution is 7.17. The molecule has 0 radical (unpaired) electrons. The summed E-state index contributed by atoms with van der Waals surface area (Å²) in [6.07, 6.45) is 4.91. The predicted molar refractivity (Wildman–Crippen MR) is 115 cm³/mol. The molecule has 4 heterocycles. The largest absolute Gasteiger partial charge is 0.377 e. The van der Waals surface area contributed by atoms with Crippen molar-refractivity contribution in [2.24, 2.45) is 5.73 Å². The zero-order valence-electron chi connectivity index (χ0n) is 17.5. The number of H-pyrrole nitrogens is 1. The Morgan fingerprint density at radius 1 is 1.30 bits per heavy atom. The Balaban J connectivity index is 1.71. The maximum atomic E-state index is 13.1. The van der Waals surface area contributed by atoms with Gasteiger partial charge in [-0.3, -0.25) is 14.7 Å². The highest BCUT2D eigenvalue weighted by Gasteiger charge is 2.43. The van der Waals surface area contributed by atoms with Gasteiger partial charge in [-0.15, -0.1) is 11.3 Å². The van der Waals surface area contributed by atoms with Gasteiger partial charge < -0.3 is 20.5 Å². The number of thiophene rings is 1. The number of carbonyl (C=O) groups excluding carboxylic acids is 2. The first-order valence-corrected chi connectivity index (χ1v) is 10.7. The molecular weight excluding hydrogens is 404 g/mol. The van der Waals surface area contributed by atoms with E-state index in [9.17, 15) is 9.59 Å². The van der Waals surface area contributed by atoms with Crippen LogP contribution in [0.4, 0.5) is 5.00 Å². The Morgan fingerprint density at radius 2 is 2.07 bits per heavy atom. The molecule has 0 atom stereocenters. The number of anilines is 1. The SMILES string of the molecule is CC1(C)Cc2c(sc(NC(=O)c3n[nH]cc3C3=CCOCC3)c2C(N)=O)C(C)(C)O1. The van der Waals surface area contributed by atoms with Crippen LogP contribution in [-0.2, 0) is 21.5 Å². The van der Waals surface area contributed by atoms with E-state index >= 15 is 0 Å². The van der Waals surface area contributed by atoms with Crippen molar-refractivity contribution in [2.75, 3.05) is 18.5 Å². The van der Waals surface area contributed by atoms with Crippen LogP contribution in [0.2, 0.25) is 0 Å². The number of primary amides is 1. The molecule has 0 aromatic carbocycles. The normalized spacial score (nSPS) is 19.7. The average molecular weight is 431 g/mol. The minimum atomic E-state index is -0.598. The lowest BCUT2D eigenvalue weighted by atomic mass is 9.86. The second kappa shape index (κ2) is 7.33. The van der Waals surface area contributed by atoms with Gasteiger partial charge in [0.25, 0.3) is 11.8 Å². The summed E-state index contributed by atoms with van der Waals surface area (Å²) >= 11 is 1.33. The van der Waals surface area contributed by atoms with E-state index in [-0.39, 0.29) is 5.69 Å². The Kier molecular flexibility index (Phi) is 5.08. The minimum absolute atomic E-state index is 0.279. The summed E-state index contributed by atoms with van der Waals surface area (Å²) in [5, 5.41) is 10.2. The monoisotopic (exact) mass is 430 g/mol. The molecule has 8 nitrogen and oxygen atoms in total. The molecule has 160 valence electrons. The van der Waals surface area contributed by atoms with Crippen molar-refractivity contribution < 1.29 is 19.1 Å². The number of fused-ring (bicyclic) bond motifs is 1. The van der Waals surface area contributed by atoms with Crippen molar-refractivity contribution in [1.82, 2.24) is 10.2 Å². The van der Waals surface area contributed by atoms with Crippen molar-refractivity contribution in [2.45, 2.75) is 51.7 Å². The molecule has 2 aromatic rings. The lowest BCUT2D eigenvalue weighted by Gasteiger charge is -2.41. The molecule has 2 amide bonds. The smallest absolute Gasteiger partial charge is 0.277 e. The van der Waals surface area contributed by atoms with Crippen LogP contribution in [-0.4, -0.2) is 40.8 Å². The lowest BCUT2D eigenvalue weighted by Crippen LogP contribution is -2.42. The number of nitrogens with zero attached hydrogens (tertiary/aromatic N) is 1. The number of rotatable bonds is 4. The molecule has 30 heavy (non-hydrogen) atoms. The first kappa shape index (κ1) is 20.8. The molecule has 0 unspecified atom stereocenters. The molecule has 2 aromatic heterocycles. The van der Waals surface area contributed by atoms with Crippen LogP contribution in [0.5, 0.6) is 0 Å². The molecule has 9 heteroatoms. The van der Waals surface area contributed by atoms with Gasteiger partial charge >= 0.3 is 0 Å². The minimum Gasteiger partial charge on any atom is -0.377 e. The maximum absolute atomic E-state index is 13.1. The third-order valence-electron chi connectivity index (χ3n) is 5.33. The first-order valence-electron chi connectivity index (χ1n) is 9.87. The number of nitrogens with two attached hydrogens (primary N) is 1. The zero-order chi connectivity index (χ0) is 21.7. The van der Waals surface area contributed by atoms with Gasteiger partial charge in [-0.05, 0) is 45.3 Å². The van der Waals surface area contributed by atoms with Gasteiger partial charge in [-0.2, -0.15) is 5.10 Å². The Morgan fingerprint density at radius 3 is 2.73 bits per heavy atom. The summed E-state index contributed by atoms with van der Waals surface area (Å²) in [6.45, 7) is 9.00. The maximum Gasteiger partial charge on any atom is 0.277 e. The summed E-state index contributed by atoms with van der Waals surface area (Å²) in [5.74, 6) is -0.955. The zero-order valence-corrected chi connectivity index (χ0v) is 18.4. The van der Waals surface area contributed by atoms with Crippen molar-refractivity contribution in [3.8, 4) is 0 Å². The molecule has 2 aliphatic rings. The van der Waals surface area contributed by atoms with E-state index in [1.807, 2.05) is 33.8 Å². The predicted octanol–water partition coefficient (Wildman–Crippen LogP) is 3.21. The van der Waals surface area contributed by atoms with E-state index in [0.29, 0.717) is 36.6 Å². The molecule has 0 bridgehead atoms. The summed E-state index contributed by atoms with van der Waals surface area (Å²) in [7, 11) is 0. The fraction of sp³-hybridized carbons (Fsp3) is 0.476. The van der Waals surface area contributed by atoms with E-state index in [1.54, 1.807) is 6.20 Å². The highest BCUT2D eigenvalue weighted by Crippen LogP contribution is 2.48. The van der Waals surface area contributed by atoms with Crippen LogP contribution >= 0.6 is 11.3 Å². The quantitative estimate of drug-likeness (QED) is 0.688.